The molecule has 0 spiro atoms. The van der Waals surface area contributed by atoms with E-state index in [1.807, 2.05) is 19.1 Å². The zero-order valence-electron chi connectivity index (χ0n) is 13.3. The van der Waals surface area contributed by atoms with Crippen LogP contribution in [0.15, 0.2) is 35.0 Å². The number of furan rings is 1. The third kappa shape index (κ3) is 3.36. The largest absolute Gasteiger partial charge is 0.464 e. The fourth-order valence-corrected chi connectivity index (χ4v) is 2.95. The van der Waals surface area contributed by atoms with E-state index in [9.17, 15) is 9.18 Å². The Morgan fingerprint density at radius 1 is 1.43 bits per heavy atom. The van der Waals surface area contributed by atoms with Gasteiger partial charge in [-0.05, 0) is 43.9 Å². The van der Waals surface area contributed by atoms with Crippen molar-refractivity contribution in [2.24, 2.45) is 5.92 Å². The van der Waals surface area contributed by atoms with Crippen molar-refractivity contribution < 1.29 is 13.6 Å². The van der Waals surface area contributed by atoms with Gasteiger partial charge in [0.05, 0.1) is 17.9 Å². The second kappa shape index (κ2) is 6.40. The van der Waals surface area contributed by atoms with E-state index in [4.69, 9.17) is 4.42 Å². The van der Waals surface area contributed by atoms with Crippen LogP contribution in [-0.2, 0) is 0 Å². The number of anilines is 1. The minimum absolute atomic E-state index is 0.127. The van der Waals surface area contributed by atoms with Gasteiger partial charge in [0.25, 0.3) is 0 Å². The van der Waals surface area contributed by atoms with Crippen LogP contribution in [0, 0.1) is 18.7 Å². The molecule has 0 bridgehead atoms. The summed E-state index contributed by atoms with van der Waals surface area (Å²) in [6.45, 7) is 4.66. The van der Waals surface area contributed by atoms with E-state index in [0.29, 0.717) is 12.5 Å². The van der Waals surface area contributed by atoms with E-state index in [0.717, 1.165) is 30.6 Å². The van der Waals surface area contributed by atoms with Crippen molar-refractivity contribution in [1.82, 2.24) is 9.88 Å². The number of nitrogens with one attached hydrogen (secondary N) is 1. The summed E-state index contributed by atoms with van der Waals surface area (Å²) in [6.07, 6.45) is 4.28. The molecule has 0 aliphatic carbocycles. The number of carbonyl (C=O) groups is 1. The molecule has 1 aliphatic heterocycles. The molecule has 0 radical (unpaired) electrons. The predicted molar refractivity (Wildman–Crippen MR) is 84.5 cm³/mol. The van der Waals surface area contributed by atoms with Crippen molar-refractivity contribution in [3.05, 3.63) is 47.9 Å². The summed E-state index contributed by atoms with van der Waals surface area (Å²) in [5.74, 6) is 1.56. The van der Waals surface area contributed by atoms with Gasteiger partial charge in [0.15, 0.2) is 5.82 Å². The summed E-state index contributed by atoms with van der Waals surface area (Å²) in [5.41, 5.74) is 0.137. The van der Waals surface area contributed by atoms with Crippen LogP contribution >= 0.6 is 0 Å². The van der Waals surface area contributed by atoms with Gasteiger partial charge in [0, 0.05) is 12.7 Å². The number of hydrogen-bond acceptors (Lipinski definition) is 3. The van der Waals surface area contributed by atoms with Crippen LogP contribution in [0.1, 0.15) is 37.3 Å². The van der Waals surface area contributed by atoms with Gasteiger partial charge in [-0.3, -0.25) is 4.98 Å². The number of aryl methyl sites for hydroxylation is 1. The number of hydrogen-bond donors (Lipinski definition) is 1. The molecule has 23 heavy (non-hydrogen) atoms. The minimum atomic E-state index is -0.545. The first-order chi connectivity index (χ1) is 11.0. The number of amides is 2. The highest BCUT2D eigenvalue weighted by Crippen LogP contribution is 2.35. The number of rotatable bonds is 2. The lowest BCUT2D eigenvalue weighted by Gasteiger charge is -2.37. The highest BCUT2D eigenvalue weighted by atomic mass is 19.1. The van der Waals surface area contributed by atoms with Crippen LogP contribution in [0.3, 0.4) is 0 Å². The molecule has 2 amide bonds. The number of likely N-dealkylation sites (tertiary alicyclic amines) is 1. The predicted octanol–water partition coefficient (Wildman–Crippen LogP) is 4.13. The third-order valence-electron chi connectivity index (χ3n) is 4.23. The van der Waals surface area contributed by atoms with Gasteiger partial charge < -0.3 is 14.6 Å². The summed E-state index contributed by atoms with van der Waals surface area (Å²) in [5, 5.41) is 2.63. The lowest BCUT2D eigenvalue weighted by Crippen LogP contribution is -2.43. The Balaban J connectivity index is 1.81. The Hall–Kier alpha value is -2.37. The van der Waals surface area contributed by atoms with Crippen molar-refractivity contribution in [2.45, 2.75) is 32.7 Å². The van der Waals surface area contributed by atoms with E-state index >= 15 is 0 Å². The van der Waals surface area contributed by atoms with E-state index in [1.54, 1.807) is 4.90 Å². The van der Waals surface area contributed by atoms with E-state index in [1.165, 1.54) is 12.3 Å². The smallest absolute Gasteiger partial charge is 0.322 e. The fraction of sp³-hybridized carbons (Fsp3) is 0.412. The molecule has 2 atom stereocenters. The summed E-state index contributed by atoms with van der Waals surface area (Å²) in [4.78, 5) is 18.0. The van der Waals surface area contributed by atoms with Crippen LogP contribution < -0.4 is 5.32 Å². The van der Waals surface area contributed by atoms with Crippen molar-refractivity contribution >= 4 is 11.7 Å². The van der Waals surface area contributed by atoms with E-state index in [2.05, 4.69) is 17.2 Å². The molecule has 0 unspecified atom stereocenters. The highest BCUT2D eigenvalue weighted by molar-refractivity contribution is 5.89. The number of aromatic nitrogens is 1. The number of pyridine rings is 1. The maximum Gasteiger partial charge on any atom is 0.322 e. The number of halogens is 1. The van der Waals surface area contributed by atoms with Crippen molar-refractivity contribution in [3.8, 4) is 0 Å². The first-order valence-electron chi connectivity index (χ1n) is 7.78. The van der Waals surface area contributed by atoms with Gasteiger partial charge in [-0.1, -0.05) is 6.92 Å². The van der Waals surface area contributed by atoms with Gasteiger partial charge in [0.1, 0.15) is 11.5 Å². The molecule has 1 fully saturated rings. The highest BCUT2D eigenvalue weighted by Gasteiger charge is 2.33. The first kappa shape index (κ1) is 15.5. The van der Waals surface area contributed by atoms with E-state index in [-0.39, 0.29) is 17.8 Å². The molecular weight excluding hydrogens is 297 g/mol. The fourth-order valence-electron chi connectivity index (χ4n) is 2.95. The molecule has 3 rings (SSSR count). The molecule has 5 nitrogen and oxygen atoms in total. The zero-order chi connectivity index (χ0) is 16.4. The van der Waals surface area contributed by atoms with Crippen molar-refractivity contribution in [1.29, 1.82) is 0 Å². The molecule has 0 aromatic carbocycles. The molecule has 3 heterocycles. The maximum atomic E-state index is 13.7. The molecular formula is C17H20FN3O2. The number of carbonyl (C=O) groups excluding carboxylic acids is 1. The van der Waals surface area contributed by atoms with Gasteiger partial charge in [-0.2, -0.15) is 0 Å². The summed E-state index contributed by atoms with van der Waals surface area (Å²) >= 11 is 0. The van der Waals surface area contributed by atoms with Crippen LogP contribution in [0.4, 0.5) is 14.9 Å². The quantitative estimate of drug-likeness (QED) is 0.906. The molecule has 1 aliphatic rings. The Bertz CT molecular complexity index is 701. The van der Waals surface area contributed by atoms with Gasteiger partial charge in [0.2, 0.25) is 0 Å². The normalized spacial score (nSPS) is 21.3. The van der Waals surface area contributed by atoms with Gasteiger partial charge in [-0.25, -0.2) is 9.18 Å². The SMILES string of the molecule is Cc1ccc([C@H]2C[C@@H](C)CCN2C(=O)Nc2ccncc2F)o1. The van der Waals surface area contributed by atoms with E-state index < -0.39 is 5.82 Å². The van der Waals surface area contributed by atoms with Gasteiger partial charge in [-0.15, -0.1) is 0 Å². The Labute approximate surface area is 134 Å². The van der Waals surface area contributed by atoms with Gasteiger partial charge >= 0.3 is 6.03 Å². The lowest BCUT2D eigenvalue weighted by atomic mass is 9.91. The Kier molecular flexibility index (Phi) is 4.32. The molecule has 1 N–H and O–H groups in total. The average molecular weight is 317 g/mol. The second-order valence-corrected chi connectivity index (χ2v) is 6.07. The van der Waals surface area contributed by atoms with Crippen LogP contribution in [0.5, 0.6) is 0 Å². The third-order valence-corrected chi connectivity index (χ3v) is 4.23. The van der Waals surface area contributed by atoms with Crippen LogP contribution in [-0.4, -0.2) is 22.5 Å². The number of urea groups is 1. The number of nitrogens with zero attached hydrogens (tertiary/aromatic N) is 2. The monoisotopic (exact) mass is 317 g/mol. The molecule has 0 saturated carbocycles. The first-order valence-corrected chi connectivity index (χ1v) is 7.78. The summed E-state index contributed by atoms with van der Waals surface area (Å²) in [6, 6.07) is 4.81. The lowest BCUT2D eigenvalue weighted by molar-refractivity contribution is 0.128. The molecule has 1 saturated heterocycles. The maximum absolute atomic E-state index is 13.7. The second-order valence-electron chi connectivity index (χ2n) is 6.07. The molecule has 2 aromatic heterocycles. The molecule has 2 aromatic rings. The van der Waals surface area contributed by atoms with Crippen molar-refractivity contribution in [2.75, 3.05) is 11.9 Å². The number of piperidine rings is 1. The summed E-state index contributed by atoms with van der Waals surface area (Å²) in [7, 11) is 0. The van der Waals surface area contributed by atoms with Crippen LogP contribution in [0.25, 0.3) is 0 Å². The topological polar surface area (TPSA) is 58.4 Å². The minimum Gasteiger partial charge on any atom is -0.464 e. The molecule has 6 heteroatoms. The zero-order valence-corrected chi connectivity index (χ0v) is 13.3. The Morgan fingerprint density at radius 3 is 2.96 bits per heavy atom. The Morgan fingerprint density at radius 2 is 2.26 bits per heavy atom. The average Bonchev–Trinajstić information content (AvgIpc) is 2.96. The van der Waals surface area contributed by atoms with Crippen LogP contribution in [0.2, 0.25) is 0 Å². The molecule has 122 valence electrons. The van der Waals surface area contributed by atoms with Crippen molar-refractivity contribution in [3.63, 3.8) is 0 Å². The standard InChI is InChI=1S/C17H20FN3O2/c1-11-6-8-21(15(9-11)16-4-3-12(2)23-16)17(22)20-14-5-7-19-10-13(14)18/h3-5,7,10-11,15H,6,8-9H2,1-2H3,(H,19,20,22)/t11-,15+/m0/s1. The summed E-state index contributed by atoms with van der Waals surface area (Å²) < 4.78 is 19.4.